The first-order valence-electron chi connectivity index (χ1n) is 3.14. The number of hydrogen-bond acceptors (Lipinski definition) is 1. The number of rotatable bonds is 1. The molecule has 1 unspecified atom stereocenters. The zero-order chi connectivity index (χ0) is 6.69. The molecule has 9 heavy (non-hydrogen) atoms. The van der Waals surface area contributed by atoms with Gasteiger partial charge in [-0.05, 0) is 13.3 Å². The summed E-state index contributed by atoms with van der Waals surface area (Å²) < 4.78 is 0. The number of nitrogens with zero attached hydrogens (tertiary/aromatic N) is 1. The van der Waals surface area contributed by atoms with Gasteiger partial charge in [0.15, 0.2) is 0 Å². The lowest BCUT2D eigenvalue weighted by Crippen LogP contribution is -2.03. The summed E-state index contributed by atoms with van der Waals surface area (Å²) in [5.74, 6) is 0.481. The first kappa shape index (κ1) is 6.27. The lowest BCUT2D eigenvalue weighted by Gasteiger charge is -2.09. The average Bonchev–Trinajstić information content (AvgIpc) is 1.90. The van der Waals surface area contributed by atoms with Crippen LogP contribution in [0.3, 0.4) is 0 Å². The van der Waals surface area contributed by atoms with Crippen molar-refractivity contribution in [2.75, 3.05) is 0 Å². The fourth-order valence-electron chi connectivity index (χ4n) is 0.811. The molecule has 0 aliphatic carbocycles. The molecule has 0 amide bonds. The molecular weight excluding hydrogens is 110 g/mol. The van der Waals surface area contributed by atoms with E-state index in [0.717, 1.165) is 6.42 Å². The first-order chi connectivity index (χ1) is 4.30. The van der Waals surface area contributed by atoms with Gasteiger partial charge in [0, 0.05) is 18.3 Å². The molecule has 0 fully saturated rings. The Morgan fingerprint density at radius 2 is 2.56 bits per heavy atom. The molecule has 1 aliphatic heterocycles. The molecular formula is C8H11N. The molecule has 0 bridgehead atoms. The van der Waals surface area contributed by atoms with E-state index >= 15 is 0 Å². The summed E-state index contributed by atoms with van der Waals surface area (Å²) >= 11 is 0. The third-order valence-electron chi connectivity index (χ3n) is 1.48. The van der Waals surface area contributed by atoms with Gasteiger partial charge in [-0.25, -0.2) is 0 Å². The van der Waals surface area contributed by atoms with Gasteiger partial charge in [0.2, 0.25) is 0 Å². The summed E-state index contributed by atoms with van der Waals surface area (Å²) in [6.45, 7) is 5.89. The maximum absolute atomic E-state index is 4.01. The molecule has 0 saturated heterocycles. The second-order valence-electron chi connectivity index (χ2n) is 2.37. The van der Waals surface area contributed by atoms with Crippen LogP contribution in [0, 0.1) is 5.92 Å². The summed E-state index contributed by atoms with van der Waals surface area (Å²) in [6.07, 6.45) is 6.92. The molecule has 1 heterocycles. The van der Waals surface area contributed by atoms with Gasteiger partial charge in [-0.15, -0.1) is 0 Å². The molecule has 0 aromatic heterocycles. The Morgan fingerprint density at radius 3 is 2.89 bits per heavy atom. The summed E-state index contributed by atoms with van der Waals surface area (Å²) in [5.41, 5.74) is 1.20. The van der Waals surface area contributed by atoms with Gasteiger partial charge in [-0.2, -0.15) is 0 Å². The third kappa shape index (κ3) is 1.53. The van der Waals surface area contributed by atoms with Gasteiger partial charge >= 0.3 is 0 Å². The van der Waals surface area contributed by atoms with Gasteiger partial charge < -0.3 is 0 Å². The monoisotopic (exact) mass is 121 g/mol. The smallest absolute Gasteiger partial charge is 0.0224 e. The van der Waals surface area contributed by atoms with Crippen molar-refractivity contribution < 1.29 is 0 Å². The molecule has 0 aromatic rings. The van der Waals surface area contributed by atoms with Crippen molar-refractivity contribution in [3.05, 3.63) is 24.4 Å². The minimum absolute atomic E-state index is 0.481. The molecule has 1 rings (SSSR count). The predicted octanol–water partition coefficient (Wildman–Crippen LogP) is 2.17. The van der Waals surface area contributed by atoms with E-state index < -0.39 is 0 Å². The van der Waals surface area contributed by atoms with Crippen molar-refractivity contribution in [2.24, 2.45) is 10.9 Å². The third-order valence-corrected chi connectivity index (χ3v) is 1.48. The number of aliphatic imine (C=N–C) groups is 1. The van der Waals surface area contributed by atoms with Crippen LogP contribution < -0.4 is 0 Å². The molecule has 0 spiro atoms. The molecule has 0 N–H and O–H groups in total. The van der Waals surface area contributed by atoms with Crippen LogP contribution >= 0.6 is 0 Å². The van der Waals surface area contributed by atoms with E-state index in [1.807, 2.05) is 19.3 Å². The Labute approximate surface area is 55.8 Å². The Kier molecular flexibility index (Phi) is 1.83. The molecule has 48 valence electrons. The normalized spacial score (nSPS) is 24.3. The van der Waals surface area contributed by atoms with Gasteiger partial charge in [-0.1, -0.05) is 18.2 Å². The van der Waals surface area contributed by atoms with E-state index in [1.54, 1.807) is 0 Å². The highest BCUT2D eigenvalue weighted by Crippen LogP contribution is 2.13. The van der Waals surface area contributed by atoms with E-state index in [9.17, 15) is 0 Å². The van der Waals surface area contributed by atoms with Crippen molar-refractivity contribution in [3.63, 3.8) is 0 Å². The minimum atomic E-state index is 0.481. The number of hydrogen-bond donors (Lipinski definition) is 0. The quantitative estimate of drug-likeness (QED) is 0.471. The van der Waals surface area contributed by atoms with Crippen molar-refractivity contribution in [2.45, 2.75) is 13.3 Å². The minimum Gasteiger partial charge on any atom is -0.269 e. The summed E-state index contributed by atoms with van der Waals surface area (Å²) in [5, 5.41) is 0. The van der Waals surface area contributed by atoms with Gasteiger partial charge in [-0.3, -0.25) is 4.99 Å². The second kappa shape index (κ2) is 2.62. The fourth-order valence-corrected chi connectivity index (χ4v) is 0.811. The summed E-state index contributed by atoms with van der Waals surface area (Å²) in [6, 6.07) is 0. The van der Waals surface area contributed by atoms with Crippen LogP contribution in [-0.2, 0) is 0 Å². The standard InChI is InChI=1S/C8H11N/c1-7(2)8-4-3-5-9-6-8/h3,5-6,8H,1,4H2,2H3. The van der Waals surface area contributed by atoms with Gasteiger partial charge in [0.1, 0.15) is 0 Å². The molecule has 1 heteroatoms. The zero-order valence-electron chi connectivity index (χ0n) is 5.67. The van der Waals surface area contributed by atoms with Crippen LogP contribution in [0.15, 0.2) is 29.4 Å². The van der Waals surface area contributed by atoms with Crippen LogP contribution in [0.4, 0.5) is 0 Å². The van der Waals surface area contributed by atoms with E-state index in [-0.39, 0.29) is 0 Å². The largest absolute Gasteiger partial charge is 0.269 e. The van der Waals surface area contributed by atoms with E-state index in [1.165, 1.54) is 5.57 Å². The lowest BCUT2D eigenvalue weighted by atomic mass is 9.99. The van der Waals surface area contributed by atoms with Crippen LogP contribution in [0.5, 0.6) is 0 Å². The molecule has 1 aliphatic rings. The van der Waals surface area contributed by atoms with Gasteiger partial charge in [0.25, 0.3) is 0 Å². The lowest BCUT2D eigenvalue weighted by molar-refractivity contribution is 0.827. The average molecular weight is 121 g/mol. The second-order valence-corrected chi connectivity index (χ2v) is 2.37. The predicted molar refractivity (Wildman–Crippen MR) is 40.6 cm³/mol. The van der Waals surface area contributed by atoms with Crippen molar-refractivity contribution in [1.29, 1.82) is 0 Å². The Balaban J connectivity index is 2.56. The topological polar surface area (TPSA) is 12.4 Å². The highest BCUT2D eigenvalue weighted by atomic mass is 14.7. The van der Waals surface area contributed by atoms with Crippen molar-refractivity contribution in [3.8, 4) is 0 Å². The van der Waals surface area contributed by atoms with Crippen LogP contribution in [0.1, 0.15) is 13.3 Å². The number of allylic oxidation sites excluding steroid dienone is 2. The van der Waals surface area contributed by atoms with Crippen LogP contribution in [-0.4, -0.2) is 6.21 Å². The fraction of sp³-hybridized carbons (Fsp3) is 0.375. The molecule has 0 radical (unpaired) electrons. The van der Waals surface area contributed by atoms with Crippen molar-refractivity contribution >= 4 is 6.21 Å². The SMILES string of the molecule is C=C(C)C1C=NC=CC1. The summed E-state index contributed by atoms with van der Waals surface area (Å²) in [4.78, 5) is 4.01. The first-order valence-corrected chi connectivity index (χ1v) is 3.14. The van der Waals surface area contributed by atoms with Gasteiger partial charge in [0.05, 0.1) is 0 Å². The van der Waals surface area contributed by atoms with Crippen LogP contribution in [0.25, 0.3) is 0 Å². The van der Waals surface area contributed by atoms with Crippen LogP contribution in [0.2, 0.25) is 0 Å². The molecule has 1 nitrogen and oxygen atoms in total. The molecule has 0 aromatic carbocycles. The maximum atomic E-state index is 4.01. The Bertz CT molecular complexity index is 165. The highest BCUT2D eigenvalue weighted by molar-refractivity contribution is 5.66. The van der Waals surface area contributed by atoms with E-state index in [4.69, 9.17) is 0 Å². The maximum Gasteiger partial charge on any atom is 0.0224 e. The van der Waals surface area contributed by atoms with E-state index in [0.29, 0.717) is 5.92 Å². The van der Waals surface area contributed by atoms with E-state index in [2.05, 4.69) is 17.6 Å². The zero-order valence-corrected chi connectivity index (χ0v) is 5.67. The molecule has 1 atom stereocenters. The highest BCUT2D eigenvalue weighted by Gasteiger charge is 2.04. The molecule has 0 saturated carbocycles. The summed E-state index contributed by atoms with van der Waals surface area (Å²) in [7, 11) is 0. The Morgan fingerprint density at radius 1 is 1.78 bits per heavy atom. The Hall–Kier alpha value is -0.850. The van der Waals surface area contributed by atoms with Crippen molar-refractivity contribution in [1.82, 2.24) is 0 Å².